The van der Waals surface area contributed by atoms with E-state index in [0.717, 1.165) is 0 Å². The van der Waals surface area contributed by atoms with Gasteiger partial charge in [0.2, 0.25) is 5.91 Å². The molecule has 3 nitrogen and oxygen atoms in total. The van der Waals surface area contributed by atoms with Crippen LogP contribution in [-0.2, 0) is 4.79 Å². The summed E-state index contributed by atoms with van der Waals surface area (Å²) in [6.45, 7) is 3.53. The molecule has 0 aromatic rings. The Hall–Kier alpha value is -0.710. The number of rotatable bonds is 6. The summed E-state index contributed by atoms with van der Waals surface area (Å²) in [4.78, 5) is 11.3. The molecular weight excluding hydrogens is 190 g/mol. The molecule has 0 aliphatic carbocycles. The lowest BCUT2D eigenvalue weighted by Gasteiger charge is -2.16. The van der Waals surface area contributed by atoms with Crippen molar-refractivity contribution >= 4 is 5.91 Å². The summed E-state index contributed by atoms with van der Waals surface area (Å²) >= 11 is 0. The van der Waals surface area contributed by atoms with Crippen molar-refractivity contribution in [3.05, 3.63) is 0 Å². The molecule has 0 aliphatic heterocycles. The lowest BCUT2D eigenvalue weighted by molar-refractivity contribution is -0.125. The molecule has 0 aromatic carbocycles. The van der Waals surface area contributed by atoms with Crippen LogP contribution in [0, 0.1) is 11.8 Å². The molecule has 0 aromatic heterocycles. The van der Waals surface area contributed by atoms with Crippen LogP contribution in [0.4, 0.5) is 8.78 Å². The summed E-state index contributed by atoms with van der Waals surface area (Å²) in [5.41, 5.74) is 5.38. The van der Waals surface area contributed by atoms with E-state index in [1.165, 1.54) is 0 Å². The van der Waals surface area contributed by atoms with Gasteiger partial charge in [0.05, 0.1) is 12.5 Å². The van der Waals surface area contributed by atoms with Crippen molar-refractivity contribution in [1.29, 1.82) is 0 Å². The molecule has 84 valence electrons. The van der Waals surface area contributed by atoms with Gasteiger partial charge in [-0.25, -0.2) is 8.78 Å². The smallest absolute Gasteiger partial charge is 0.255 e. The fourth-order valence-electron chi connectivity index (χ4n) is 1.20. The van der Waals surface area contributed by atoms with Gasteiger partial charge in [0.1, 0.15) is 0 Å². The molecule has 0 saturated carbocycles. The number of carbonyl (C=O) groups excluding carboxylic acids is 1. The van der Waals surface area contributed by atoms with Crippen molar-refractivity contribution in [2.45, 2.75) is 26.7 Å². The van der Waals surface area contributed by atoms with Crippen molar-refractivity contribution in [3.63, 3.8) is 0 Å². The zero-order valence-corrected chi connectivity index (χ0v) is 8.59. The highest BCUT2D eigenvalue weighted by atomic mass is 19.3. The van der Waals surface area contributed by atoms with E-state index in [-0.39, 0.29) is 18.4 Å². The zero-order valence-electron chi connectivity index (χ0n) is 8.59. The standard InChI is InChI=1S/C9H18F2N2O/c1-6(2)3-7(4-12)9(14)13-5-8(10)11/h6-8H,3-5,12H2,1-2H3,(H,13,14). The molecule has 0 bridgehead atoms. The Morgan fingerprint density at radius 2 is 2.00 bits per heavy atom. The number of nitrogens with two attached hydrogens (primary N) is 1. The first-order valence-electron chi connectivity index (χ1n) is 4.73. The average molecular weight is 208 g/mol. The SMILES string of the molecule is CC(C)CC(CN)C(=O)NCC(F)F. The van der Waals surface area contributed by atoms with Gasteiger partial charge >= 0.3 is 0 Å². The van der Waals surface area contributed by atoms with Crippen molar-refractivity contribution in [2.75, 3.05) is 13.1 Å². The van der Waals surface area contributed by atoms with Gasteiger partial charge in [-0.2, -0.15) is 0 Å². The molecule has 3 N–H and O–H groups in total. The lowest BCUT2D eigenvalue weighted by atomic mass is 9.96. The molecule has 0 aliphatic rings. The number of hydrogen-bond acceptors (Lipinski definition) is 2. The Kier molecular flexibility index (Phi) is 6.36. The van der Waals surface area contributed by atoms with E-state index in [4.69, 9.17) is 5.73 Å². The van der Waals surface area contributed by atoms with Crippen LogP contribution in [0.15, 0.2) is 0 Å². The number of nitrogens with one attached hydrogen (secondary N) is 1. The van der Waals surface area contributed by atoms with Gasteiger partial charge in [0.25, 0.3) is 6.43 Å². The van der Waals surface area contributed by atoms with Crippen LogP contribution in [-0.4, -0.2) is 25.4 Å². The number of amides is 1. The van der Waals surface area contributed by atoms with E-state index in [2.05, 4.69) is 5.32 Å². The van der Waals surface area contributed by atoms with Crippen molar-refractivity contribution in [2.24, 2.45) is 17.6 Å². The molecule has 0 spiro atoms. The molecule has 1 atom stereocenters. The highest BCUT2D eigenvalue weighted by Crippen LogP contribution is 2.10. The third kappa shape index (κ3) is 5.85. The molecule has 5 heteroatoms. The fourth-order valence-corrected chi connectivity index (χ4v) is 1.20. The van der Waals surface area contributed by atoms with Gasteiger partial charge in [-0.1, -0.05) is 13.8 Å². The van der Waals surface area contributed by atoms with Gasteiger partial charge in [-0.3, -0.25) is 4.79 Å². The maximum atomic E-state index is 11.8. The number of alkyl halides is 2. The Labute approximate surface area is 83.0 Å². The van der Waals surface area contributed by atoms with Crippen LogP contribution in [0.3, 0.4) is 0 Å². The monoisotopic (exact) mass is 208 g/mol. The zero-order chi connectivity index (χ0) is 11.1. The lowest BCUT2D eigenvalue weighted by Crippen LogP contribution is -2.38. The number of carbonyl (C=O) groups is 1. The third-order valence-electron chi connectivity index (χ3n) is 1.84. The van der Waals surface area contributed by atoms with E-state index in [1.807, 2.05) is 13.8 Å². The van der Waals surface area contributed by atoms with Crippen molar-refractivity contribution in [3.8, 4) is 0 Å². The second-order valence-corrected chi connectivity index (χ2v) is 3.70. The van der Waals surface area contributed by atoms with Crippen LogP contribution in [0.25, 0.3) is 0 Å². The summed E-state index contributed by atoms with van der Waals surface area (Å²) in [6.07, 6.45) is -1.87. The van der Waals surface area contributed by atoms with E-state index in [9.17, 15) is 13.6 Å². The highest BCUT2D eigenvalue weighted by Gasteiger charge is 2.18. The molecule has 0 saturated heterocycles. The number of hydrogen-bond donors (Lipinski definition) is 2. The second-order valence-electron chi connectivity index (χ2n) is 3.70. The first-order valence-corrected chi connectivity index (χ1v) is 4.73. The summed E-state index contributed by atoms with van der Waals surface area (Å²) in [5.74, 6) is -0.392. The van der Waals surface area contributed by atoms with Gasteiger partial charge in [-0.15, -0.1) is 0 Å². The molecule has 0 heterocycles. The second kappa shape index (κ2) is 6.70. The molecule has 0 fully saturated rings. The minimum atomic E-state index is -2.50. The summed E-state index contributed by atoms with van der Waals surface area (Å²) in [6, 6.07) is 0. The summed E-state index contributed by atoms with van der Waals surface area (Å²) < 4.78 is 23.6. The third-order valence-corrected chi connectivity index (χ3v) is 1.84. The maximum Gasteiger partial charge on any atom is 0.255 e. The van der Waals surface area contributed by atoms with E-state index >= 15 is 0 Å². The van der Waals surface area contributed by atoms with Crippen LogP contribution in [0.2, 0.25) is 0 Å². The predicted octanol–water partition coefficient (Wildman–Crippen LogP) is 0.989. The maximum absolute atomic E-state index is 11.8. The van der Waals surface area contributed by atoms with Crippen LogP contribution in [0.1, 0.15) is 20.3 Å². The minimum absolute atomic E-state index is 0.202. The van der Waals surface area contributed by atoms with E-state index in [0.29, 0.717) is 12.3 Å². The van der Waals surface area contributed by atoms with Crippen LogP contribution >= 0.6 is 0 Å². The molecule has 14 heavy (non-hydrogen) atoms. The van der Waals surface area contributed by atoms with Gasteiger partial charge in [-0.05, 0) is 12.3 Å². The Morgan fingerprint density at radius 1 is 1.43 bits per heavy atom. The predicted molar refractivity (Wildman–Crippen MR) is 51.0 cm³/mol. The highest BCUT2D eigenvalue weighted by molar-refractivity contribution is 5.78. The van der Waals surface area contributed by atoms with Crippen LogP contribution < -0.4 is 11.1 Å². The van der Waals surface area contributed by atoms with Gasteiger partial charge in [0, 0.05) is 6.54 Å². The fraction of sp³-hybridized carbons (Fsp3) is 0.889. The van der Waals surface area contributed by atoms with Gasteiger partial charge in [0.15, 0.2) is 0 Å². The van der Waals surface area contributed by atoms with Crippen LogP contribution in [0.5, 0.6) is 0 Å². The first-order chi connectivity index (χ1) is 6.47. The Bertz CT molecular complexity index is 174. The quantitative estimate of drug-likeness (QED) is 0.684. The Balaban J connectivity index is 3.92. The first kappa shape index (κ1) is 13.3. The Morgan fingerprint density at radius 3 is 2.36 bits per heavy atom. The molecule has 0 rings (SSSR count). The minimum Gasteiger partial charge on any atom is -0.350 e. The molecular formula is C9H18F2N2O. The topological polar surface area (TPSA) is 55.1 Å². The van der Waals surface area contributed by atoms with E-state index < -0.39 is 13.0 Å². The normalized spacial score (nSPS) is 13.4. The molecule has 1 amide bonds. The number of halogens is 2. The largest absolute Gasteiger partial charge is 0.350 e. The van der Waals surface area contributed by atoms with E-state index in [1.54, 1.807) is 0 Å². The summed E-state index contributed by atoms with van der Waals surface area (Å²) in [5, 5.41) is 2.17. The van der Waals surface area contributed by atoms with Gasteiger partial charge < -0.3 is 11.1 Å². The van der Waals surface area contributed by atoms with Crippen molar-refractivity contribution in [1.82, 2.24) is 5.32 Å². The summed E-state index contributed by atoms with van der Waals surface area (Å²) in [7, 11) is 0. The molecule has 1 unspecified atom stereocenters. The average Bonchev–Trinajstić information content (AvgIpc) is 2.09. The van der Waals surface area contributed by atoms with Crippen molar-refractivity contribution < 1.29 is 13.6 Å². The molecule has 0 radical (unpaired) electrons.